The van der Waals surface area contributed by atoms with Crippen LogP contribution in [0.2, 0.25) is 0 Å². The van der Waals surface area contributed by atoms with Gasteiger partial charge >= 0.3 is 6.09 Å². The predicted molar refractivity (Wildman–Crippen MR) is 89.1 cm³/mol. The molecule has 0 aliphatic carbocycles. The highest BCUT2D eigenvalue weighted by atomic mass is 16.6. The highest BCUT2D eigenvalue weighted by molar-refractivity contribution is 6.00. The van der Waals surface area contributed by atoms with Crippen LogP contribution in [-0.4, -0.2) is 24.5 Å². The second-order valence-corrected chi connectivity index (χ2v) is 5.55. The largest absolute Gasteiger partial charge is 0.484 e. The van der Waals surface area contributed by atoms with Crippen molar-refractivity contribution in [3.63, 3.8) is 0 Å². The molecule has 7 heteroatoms. The molecule has 0 radical (unpaired) electrons. The van der Waals surface area contributed by atoms with Crippen molar-refractivity contribution in [2.24, 2.45) is 0 Å². The Balaban J connectivity index is 1.54. The van der Waals surface area contributed by atoms with Crippen molar-refractivity contribution < 1.29 is 23.9 Å². The van der Waals surface area contributed by atoms with Gasteiger partial charge in [0.1, 0.15) is 5.75 Å². The molecular formula is C18H16N2O5. The number of carbonyl (C=O) groups is 3. The summed E-state index contributed by atoms with van der Waals surface area (Å²) in [6, 6.07) is 13.9. The smallest absolute Gasteiger partial charge is 0.415 e. The summed E-state index contributed by atoms with van der Waals surface area (Å²) in [5.41, 5.74) is 2.18. The fraction of sp³-hybridized carbons (Fsp3) is 0.167. The number of hydrogen-bond donors (Lipinski definition) is 2. The van der Waals surface area contributed by atoms with Crippen molar-refractivity contribution in [1.82, 2.24) is 5.32 Å². The van der Waals surface area contributed by atoms with Crippen LogP contribution < -0.4 is 15.4 Å². The molecule has 2 aromatic rings. The first-order chi connectivity index (χ1) is 12.0. The van der Waals surface area contributed by atoms with Gasteiger partial charge < -0.3 is 14.8 Å². The number of imide groups is 1. The molecule has 2 aromatic carbocycles. The van der Waals surface area contributed by atoms with Gasteiger partial charge in [-0.3, -0.25) is 14.9 Å². The Hall–Kier alpha value is -3.35. The molecule has 1 fully saturated rings. The molecule has 1 saturated heterocycles. The third-order valence-corrected chi connectivity index (χ3v) is 3.58. The van der Waals surface area contributed by atoms with Crippen molar-refractivity contribution in [1.29, 1.82) is 0 Å². The molecule has 1 heterocycles. The number of amides is 3. The van der Waals surface area contributed by atoms with Crippen molar-refractivity contribution in [3.05, 3.63) is 59.7 Å². The summed E-state index contributed by atoms with van der Waals surface area (Å²) in [6.07, 6.45) is -1.72. The number of carbonyl (C=O) groups excluding carboxylic acids is 3. The Labute approximate surface area is 143 Å². The number of alkyl carbamates (subject to hydrolysis) is 1. The third-order valence-electron chi connectivity index (χ3n) is 3.58. The van der Waals surface area contributed by atoms with E-state index in [0.717, 1.165) is 5.56 Å². The summed E-state index contributed by atoms with van der Waals surface area (Å²) in [6.45, 7) is 1.85. The van der Waals surface area contributed by atoms with Gasteiger partial charge in [0.15, 0.2) is 6.61 Å². The number of nitrogens with one attached hydrogen (secondary N) is 2. The number of cyclic esters (lactones) is 1. The monoisotopic (exact) mass is 340 g/mol. The summed E-state index contributed by atoms with van der Waals surface area (Å²) in [4.78, 5) is 34.5. The highest BCUT2D eigenvalue weighted by Gasteiger charge is 2.33. The van der Waals surface area contributed by atoms with Crippen LogP contribution in [0.1, 0.15) is 17.2 Å². The van der Waals surface area contributed by atoms with Crippen LogP contribution in [0.15, 0.2) is 48.5 Å². The summed E-state index contributed by atoms with van der Waals surface area (Å²) in [5, 5.41) is 4.75. The van der Waals surface area contributed by atoms with Gasteiger partial charge in [0.25, 0.3) is 11.8 Å². The molecule has 1 unspecified atom stereocenters. The first-order valence-electron chi connectivity index (χ1n) is 7.62. The van der Waals surface area contributed by atoms with Crippen LogP contribution in [0.5, 0.6) is 5.75 Å². The molecule has 0 bridgehead atoms. The lowest BCUT2D eigenvalue weighted by atomic mass is 10.1. The van der Waals surface area contributed by atoms with Crippen LogP contribution in [-0.2, 0) is 14.3 Å². The molecule has 1 atom stereocenters. The molecule has 1 aliphatic heterocycles. The fourth-order valence-corrected chi connectivity index (χ4v) is 2.30. The average molecular weight is 340 g/mol. The Morgan fingerprint density at radius 1 is 1.12 bits per heavy atom. The zero-order chi connectivity index (χ0) is 17.8. The Morgan fingerprint density at radius 2 is 1.80 bits per heavy atom. The zero-order valence-electron chi connectivity index (χ0n) is 13.4. The Bertz CT molecular complexity index is 799. The van der Waals surface area contributed by atoms with Crippen LogP contribution >= 0.6 is 0 Å². The zero-order valence-corrected chi connectivity index (χ0v) is 13.4. The molecule has 1 aliphatic rings. The van der Waals surface area contributed by atoms with Gasteiger partial charge in [0, 0.05) is 11.3 Å². The normalized spacial score (nSPS) is 16.1. The van der Waals surface area contributed by atoms with Crippen LogP contribution in [0, 0.1) is 6.92 Å². The number of anilines is 1. The van der Waals surface area contributed by atoms with E-state index in [1.165, 1.54) is 0 Å². The van der Waals surface area contributed by atoms with Gasteiger partial charge in [0.2, 0.25) is 6.10 Å². The topological polar surface area (TPSA) is 93.7 Å². The molecule has 2 N–H and O–H groups in total. The van der Waals surface area contributed by atoms with Gasteiger partial charge in [-0.15, -0.1) is 0 Å². The van der Waals surface area contributed by atoms with E-state index >= 15 is 0 Å². The summed E-state index contributed by atoms with van der Waals surface area (Å²) in [5.74, 6) is -0.197. The number of aryl methyl sites for hydroxylation is 1. The van der Waals surface area contributed by atoms with Gasteiger partial charge in [-0.05, 0) is 31.2 Å². The van der Waals surface area contributed by atoms with Gasteiger partial charge in [-0.2, -0.15) is 0 Å². The highest BCUT2D eigenvalue weighted by Crippen LogP contribution is 2.23. The van der Waals surface area contributed by atoms with Crippen LogP contribution in [0.25, 0.3) is 0 Å². The van der Waals surface area contributed by atoms with E-state index in [-0.39, 0.29) is 12.5 Å². The quantitative estimate of drug-likeness (QED) is 0.871. The minimum Gasteiger partial charge on any atom is -0.484 e. The number of ether oxygens (including phenoxy) is 2. The molecule has 25 heavy (non-hydrogen) atoms. The molecular weight excluding hydrogens is 324 g/mol. The van der Waals surface area contributed by atoms with Crippen LogP contribution in [0.3, 0.4) is 0 Å². The van der Waals surface area contributed by atoms with E-state index in [1.807, 2.05) is 19.1 Å². The average Bonchev–Trinajstić information content (AvgIpc) is 2.93. The van der Waals surface area contributed by atoms with Crippen molar-refractivity contribution >= 4 is 23.6 Å². The van der Waals surface area contributed by atoms with Crippen molar-refractivity contribution in [3.8, 4) is 5.75 Å². The number of hydrogen-bond acceptors (Lipinski definition) is 5. The minimum atomic E-state index is -0.956. The maximum Gasteiger partial charge on any atom is 0.415 e. The van der Waals surface area contributed by atoms with Crippen molar-refractivity contribution in [2.45, 2.75) is 13.0 Å². The maximum atomic E-state index is 11.9. The third kappa shape index (κ3) is 4.14. The summed E-state index contributed by atoms with van der Waals surface area (Å²) >= 11 is 0. The lowest BCUT2D eigenvalue weighted by Gasteiger charge is -2.10. The second kappa shape index (κ2) is 7.04. The lowest BCUT2D eigenvalue weighted by Crippen LogP contribution is -2.21. The molecule has 0 saturated carbocycles. The number of rotatable bonds is 5. The first kappa shape index (κ1) is 16.5. The minimum absolute atomic E-state index is 0.118. The second-order valence-electron chi connectivity index (χ2n) is 5.55. The number of benzene rings is 2. The SMILES string of the molecule is Cc1ccc(OCC(=O)Nc2ccc(C3OC(=O)NC3=O)cc2)cc1. The van der Waals surface area contributed by atoms with Gasteiger partial charge in [-0.25, -0.2) is 4.79 Å². The van der Waals surface area contributed by atoms with Crippen LogP contribution in [0.4, 0.5) is 10.5 Å². The molecule has 0 aromatic heterocycles. The molecule has 7 nitrogen and oxygen atoms in total. The van der Waals surface area contributed by atoms with Gasteiger partial charge in [-0.1, -0.05) is 29.8 Å². The molecule has 0 spiro atoms. The first-order valence-corrected chi connectivity index (χ1v) is 7.62. The van der Waals surface area contributed by atoms with Gasteiger partial charge in [0.05, 0.1) is 0 Å². The molecule has 3 amide bonds. The summed E-state index contributed by atoms with van der Waals surface area (Å²) in [7, 11) is 0. The molecule has 3 rings (SSSR count). The van der Waals surface area contributed by atoms with E-state index < -0.39 is 18.1 Å². The van der Waals surface area contributed by atoms with E-state index in [1.54, 1.807) is 36.4 Å². The Kier molecular flexibility index (Phi) is 4.65. The van der Waals surface area contributed by atoms with Crippen molar-refractivity contribution in [2.75, 3.05) is 11.9 Å². The van der Waals surface area contributed by atoms with E-state index in [0.29, 0.717) is 17.0 Å². The fourth-order valence-electron chi connectivity index (χ4n) is 2.30. The maximum absolute atomic E-state index is 11.9. The molecule has 128 valence electrons. The summed E-state index contributed by atoms with van der Waals surface area (Å²) < 4.78 is 10.3. The van der Waals surface area contributed by atoms with E-state index in [2.05, 4.69) is 10.6 Å². The lowest BCUT2D eigenvalue weighted by molar-refractivity contribution is -0.123. The predicted octanol–water partition coefficient (Wildman–Crippen LogP) is 2.32. The standard InChI is InChI=1S/C18H16N2O5/c1-11-2-8-14(9-3-11)24-10-15(21)19-13-6-4-12(5-7-13)16-17(22)20-18(23)25-16/h2-9,16H,10H2,1H3,(H,19,21)(H,20,22,23). The van der Waals surface area contributed by atoms with E-state index in [4.69, 9.17) is 9.47 Å². The Morgan fingerprint density at radius 3 is 2.40 bits per heavy atom. The van der Waals surface area contributed by atoms with E-state index in [9.17, 15) is 14.4 Å².